The van der Waals surface area contributed by atoms with Gasteiger partial charge < -0.3 is 15.2 Å². The first-order valence-corrected chi connectivity index (χ1v) is 6.17. The van der Waals surface area contributed by atoms with E-state index in [0.717, 1.165) is 19.4 Å². The van der Waals surface area contributed by atoms with Gasteiger partial charge >= 0.3 is 0 Å². The Labute approximate surface area is 104 Å². The zero-order valence-electron chi connectivity index (χ0n) is 10.8. The Morgan fingerprint density at radius 3 is 2.82 bits per heavy atom. The lowest BCUT2D eigenvalue weighted by Crippen LogP contribution is -2.25. The molecule has 0 saturated carbocycles. The maximum Gasteiger partial charge on any atom is 0.0713 e. The molecule has 0 aliphatic heterocycles. The third-order valence-electron chi connectivity index (χ3n) is 2.75. The molecule has 1 aromatic carbocycles. The van der Waals surface area contributed by atoms with E-state index in [0.29, 0.717) is 12.6 Å². The normalized spacial score (nSPS) is 12.6. The topological polar surface area (TPSA) is 41.5 Å². The van der Waals surface area contributed by atoms with Gasteiger partial charge in [0, 0.05) is 26.3 Å². The second-order valence-electron chi connectivity index (χ2n) is 4.40. The predicted molar refractivity (Wildman–Crippen MR) is 69.8 cm³/mol. The molecule has 1 rings (SSSR count). The van der Waals surface area contributed by atoms with Gasteiger partial charge in [-0.1, -0.05) is 24.3 Å². The lowest BCUT2D eigenvalue weighted by molar-refractivity contribution is 0.185. The molecule has 0 heterocycles. The first kappa shape index (κ1) is 14.2. The van der Waals surface area contributed by atoms with Crippen molar-refractivity contribution in [2.75, 3.05) is 13.7 Å². The molecule has 0 aliphatic rings. The van der Waals surface area contributed by atoms with Crippen molar-refractivity contribution in [3.63, 3.8) is 0 Å². The van der Waals surface area contributed by atoms with E-state index in [4.69, 9.17) is 9.84 Å². The minimum Gasteiger partial charge on any atom is -0.396 e. The van der Waals surface area contributed by atoms with Crippen LogP contribution in [0.25, 0.3) is 0 Å². The van der Waals surface area contributed by atoms with Crippen LogP contribution in [-0.4, -0.2) is 24.9 Å². The summed E-state index contributed by atoms with van der Waals surface area (Å²) in [5, 5.41) is 12.2. The van der Waals surface area contributed by atoms with Crippen molar-refractivity contribution >= 4 is 0 Å². The van der Waals surface area contributed by atoms with Gasteiger partial charge in [-0.2, -0.15) is 0 Å². The summed E-state index contributed by atoms with van der Waals surface area (Å²) in [5.74, 6) is 0. The third-order valence-corrected chi connectivity index (χ3v) is 2.75. The molecule has 0 amide bonds. The molecule has 0 bridgehead atoms. The Balaban J connectivity index is 2.37. The number of nitrogens with one attached hydrogen (secondary N) is 1. The largest absolute Gasteiger partial charge is 0.396 e. The van der Waals surface area contributed by atoms with Crippen LogP contribution in [0.15, 0.2) is 24.3 Å². The number of aliphatic hydroxyl groups excluding tert-OH is 1. The fraction of sp³-hybridized carbons (Fsp3) is 0.571. The highest BCUT2D eigenvalue weighted by molar-refractivity contribution is 5.22. The Hall–Kier alpha value is -0.900. The maximum atomic E-state index is 8.75. The molecule has 96 valence electrons. The van der Waals surface area contributed by atoms with Crippen LogP contribution in [0.5, 0.6) is 0 Å². The molecular formula is C14H23NO2. The van der Waals surface area contributed by atoms with E-state index in [9.17, 15) is 0 Å². The number of rotatable bonds is 8. The van der Waals surface area contributed by atoms with Crippen LogP contribution in [0.2, 0.25) is 0 Å². The Kier molecular flexibility index (Phi) is 6.86. The Bertz CT molecular complexity index is 315. The third kappa shape index (κ3) is 5.82. The minimum absolute atomic E-state index is 0.273. The van der Waals surface area contributed by atoms with Gasteiger partial charge in [-0.3, -0.25) is 0 Å². The molecule has 3 nitrogen and oxygen atoms in total. The van der Waals surface area contributed by atoms with Crippen molar-refractivity contribution in [2.45, 2.75) is 39.0 Å². The zero-order chi connectivity index (χ0) is 12.5. The number of aliphatic hydroxyl groups is 1. The maximum absolute atomic E-state index is 8.75. The van der Waals surface area contributed by atoms with Gasteiger partial charge in [-0.15, -0.1) is 0 Å². The fourth-order valence-electron chi connectivity index (χ4n) is 1.79. The Morgan fingerprint density at radius 2 is 2.12 bits per heavy atom. The van der Waals surface area contributed by atoms with Gasteiger partial charge in [0.15, 0.2) is 0 Å². The van der Waals surface area contributed by atoms with Crippen LogP contribution in [0.1, 0.15) is 30.9 Å². The summed E-state index contributed by atoms with van der Waals surface area (Å²) in [6, 6.07) is 8.85. The predicted octanol–water partition coefficient (Wildman–Crippen LogP) is 2.08. The molecule has 0 fully saturated rings. The summed E-state index contributed by atoms with van der Waals surface area (Å²) in [5.41, 5.74) is 2.48. The van der Waals surface area contributed by atoms with E-state index in [-0.39, 0.29) is 6.61 Å². The number of hydrogen-bond donors (Lipinski definition) is 2. The smallest absolute Gasteiger partial charge is 0.0713 e. The van der Waals surface area contributed by atoms with Crippen molar-refractivity contribution < 1.29 is 9.84 Å². The quantitative estimate of drug-likeness (QED) is 0.727. The lowest BCUT2D eigenvalue weighted by Gasteiger charge is -2.13. The standard InChI is InChI=1S/C14H23NO2/c1-12(5-4-8-16)15-10-13-6-3-7-14(9-13)11-17-2/h3,6-7,9,12,15-16H,4-5,8,10-11H2,1-2H3. The number of hydrogen-bond acceptors (Lipinski definition) is 3. The molecule has 1 atom stereocenters. The Morgan fingerprint density at radius 1 is 1.35 bits per heavy atom. The summed E-state index contributed by atoms with van der Waals surface area (Å²) in [6.45, 7) is 3.95. The molecule has 17 heavy (non-hydrogen) atoms. The van der Waals surface area contributed by atoms with Crippen LogP contribution in [0.3, 0.4) is 0 Å². The average molecular weight is 237 g/mol. The molecular weight excluding hydrogens is 214 g/mol. The molecule has 1 aromatic rings. The first-order valence-electron chi connectivity index (χ1n) is 6.17. The van der Waals surface area contributed by atoms with Crippen LogP contribution in [0.4, 0.5) is 0 Å². The van der Waals surface area contributed by atoms with Crippen molar-refractivity contribution in [1.29, 1.82) is 0 Å². The molecule has 1 unspecified atom stereocenters. The van der Waals surface area contributed by atoms with Crippen molar-refractivity contribution in [1.82, 2.24) is 5.32 Å². The van der Waals surface area contributed by atoms with Crippen LogP contribution in [0, 0.1) is 0 Å². The number of methoxy groups -OCH3 is 1. The SMILES string of the molecule is COCc1cccc(CNC(C)CCCO)c1. The number of benzene rings is 1. The molecule has 2 N–H and O–H groups in total. The highest BCUT2D eigenvalue weighted by atomic mass is 16.5. The molecule has 0 radical (unpaired) electrons. The van der Waals surface area contributed by atoms with Crippen LogP contribution in [-0.2, 0) is 17.9 Å². The molecule has 0 spiro atoms. The van der Waals surface area contributed by atoms with E-state index in [2.05, 4.69) is 36.5 Å². The van der Waals surface area contributed by atoms with Crippen molar-refractivity contribution in [3.8, 4) is 0 Å². The summed E-state index contributed by atoms with van der Waals surface area (Å²) in [4.78, 5) is 0. The molecule has 3 heteroatoms. The highest BCUT2D eigenvalue weighted by Gasteiger charge is 2.01. The zero-order valence-corrected chi connectivity index (χ0v) is 10.8. The lowest BCUT2D eigenvalue weighted by atomic mass is 10.1. The van der Waals surface area contributed by atoms with Crippen LogP contribution < -0.4 is 5.32 Å². The van der Waals surface area contributed by atoms with E-state index in [1.165, 1.54) is 11.1 Å². The first-order chi connectivity index (χ1) is 8.26. The molecule has 0 saturated heterocycles. The van der Waals surface area contributed by atoms with Gasteiger partial charge in [-0.05, 0) is 30.9 Å². The highest BCUT2D eigenvalue weighted by Crippen LogP contribution is 2.07. The summed E-state index contributed by atoms with van der Waals surface area (Å²) in [7, 11) is 1.71. The molecule has 0 aromatic heterocycles. The van der Waals surface area contributed by atoms with E-state index < -0.39 is 0 Å². The van der Waals surface area contributed by atoms with Gasteiger partial charge in [0.25, 0.3) is 0 Å². The second kappa shape index (κ2) is 8.23. The summed E-state index contributed by atoms with van der Waals surface area (Å²) in [6.07, 6.45) is 1.87. The van der Waals surface area contributed by atoms with Crippen molar-refractivity contribution in [3.05, 3.63) is 35.4 Å². The number of ether oxygens (including phenoxy) is 1. The van der Waals surface area contributed by atoms with Gasteiger partial charge in [0.05, 0.1) is 6.61 Å². The average Bonchev–Trinajstić information content (AvgIpc) is 2.35. The van der Waals surface area contributed by atoms with Crippen molar-refractivity contribution in [2.24, 2.45) is 0 Å². The van der Waals surface area contributed by atoms with Gasteiger partial charge in [-0.25, -0.2) is 0 Å². The minimum atomic E-state index is 0.273. The van der Waals surface area contributed by atoms with E-state index in [1.807, 2.05) is 0 Å². The fourth-order valence-corrected chi connectivity index (χ4v) is 1.79. The summed E-state index contributed by atoms with van der Waals surface area (Å²) >= 11 is 0. The van der Waals surface area contributed by atoms with E-state index >= 15 is 0 Å². The second-order valence-corrected chi connectivity index (χ2v) is 4.40. The van der Waals surface area contributed by atoms with E-state index in [1.54, 1.807) is 7.11 Å². The monoisotopic (exact) mass is 237 g/mol. The van der Waals surface area contributed by atoms with Gasteiger partial charge in [0.1, 0.15) is 0 Å². The van der Waals surface area contributed by atoms with Gasteiger partial charge in [0.2, 0.25) is 0 Å². The van der Waals surface area contributed by atoms with Crippen LogP contribution >= 0.6 is 0 Å². The summed E-state index contributed by atoms with van der Waals surface area (Å²) < 4.78 is 5.11. The molecule has 0 aliphatic carbocycles.